The lowest BCUT2D eigenvalue weighted by atomic mass is 10.5. The third-order valence-corrected chi connectivity index (χ3v) is 5.44. The maximum atomic E-state index is 10.9. The summed E-state index contributed by atoms with van der Waals surface area (Å²) in [6.45, 7) is 0. The summed E-state index contributed by atoms with van der Waals surface area (Å²) in [6.07, 6.45) is 1.42. The third-order valence-electron chi connectivity index (χ3n) is 1.02. The maximum absolute atomic E-state index is 10.9. The van der Waals surface area contributed by atoms with Crippen LogP contribution in [-0.4, -0.2) is 31.3 Å². The average Bonchev–Trinajstić information content (AvgIpc) is 2.23. The lowest BCUT2D eigenvalue weighted by Crippen LogP contribution is -1.96. The second-order valence-electron chi connectivity index (χ2n) is 1.96. The molecule has 0 rings (SSSR count). The van der Waals surface area contributed by atoms with Gasteiger partial charge in [-0.2, -0.15) is 0 Å². The first kappa shape index (κ1) is 14.6. The predicted octanol–water partition coefficient (Wildman–Crippen LogP) is 1.34. The van der Waals surface area contributed by atoms with Crippen molar-refractivity contribution < 1.29 is 27.9 Å². The fourth-order valence-corrected chi connectivity index (χ4v) is 2.01. The van der Waals surface area contributed by atoms with Gasteiger partial charge >= 0.3 is 11.9 Å². The first-order valence-electron chi connectivity index (χ1n) is 3.46. The van der Waals surface area contributed by atoms with Crippen molar-refractivity contribution >= 4 is 41.1 Å². The monoisotopic (exact) mass is 272 g/mol. The number of carboxylic acid groups (broad SMARTS) is 1. The van der Waals surface area contributed by atoms with E-state index in [1.807, 2.05) is 0 Å². The highest BCUT2D eigenvalue weighted by Gasteiger charge is 2.20. The highest BCUT2D eigenvalue weighted by Crippen LogP contribution is 2.60. The van der Waals surface area contributed by atoms with Crippen LogP contribution in [0, 0.1) is 0 Å². The van der Waals surface area contributed by atoms with Crippen molar-refractivity contribution in [1.82, 2.24) is 0 Å². The van der Waals surface area contributed by atoms with Crippen molar-refractivity contribution in [3.05, 3.63) is 12.2 Å². The van der Waals surface area contributed by atoms with Crippen molar-refractivity contribution in [3.63, 3.8) is 0 Å². The summed E-state index contributed by atoms with van der Waals surface area (Å²) in [5.41, 5.74) is -2.66. The zero-order valence-electron chi connectivity index (χ0n) is 7.91. The van der Waals surface area contributed by atoms with Gasteiger partial charge in [-0.3, -0.25) is 0 Å². The number of rotatable bonds is 6. The molecule has 15 heavy (non-hydrogen) atoms. The Balaban J connectivity index is 4.11. The second kappa shape index (κ2) is 6.97. The van der Waals surface area contributed by atoms with E-state index in [-0.39, 0.29) is 0 Å². The van der Waals surface area contributed by atoms with Crippen LogP contribution in [0.15, 0.2) is 12.2 Å². The van der Waals surface area contributed by atoms with E-state index < -0.39 is 17.6 Å². The fraction of sp³-hybridized carbons (Fsp3) is 0.333. The summed E-state index contributed by atoms with van der Waals surface area (Å²) in [4.78, 5) is 20.9. The average molecular weight is 272 g/mol. The quantitative estimate of drug-likeness (QED) is 0.440. The Kier molecular flexibility index (Phi) is 6.78. The van der Waals surface area contributed by atoms with E-state index in [0.29, 0.717) is 17.7 Å². The molecule has 0 aliphatic carbocycles. The number of carboxylic acids is 1. The molecule has 0 aliphatic heterocycles. The minimum atomic E-state index is -2.66. The Bertz CT molecular complexity index is 307. The molecule has 0 radical (unpaired) electrons. The molecule has 0 atom stereocenters. The van der Waals surface area contributed by atoms with Crippen molar-refractivity contribution in [2.24, 2.45) is 0 Å². The van der Waals surface area contributed by atoms with Gasteiger partial charge in [-0.15, -0.1) is 0 Å². The molecular formula is C6H9O6PS2. The molecular weight excluding hydrogens is 263 g/mol. The molecule has 9 heteroatoms. The predicted molar refractivity (Wildman–Crippen MR) is 58.8 cm³/mol. The second-order valence-corrected chi connectivity index (χ2v) is 7.93. The molecule has 0 bridgehead atoms. The molecule has 0 fully saturated rings. The molecule has 1 N–H and O–H groups in total. The Morgan fingerprint density at radius 2 is 1.87 bits per heavy atom. The fourth-order valence-electron chi connectivity index (χ4n) is 0.385. The Morgan fingerprint density at radius 3 is 2.27 bits per heavy atom. The molecule has 0 spiro atoms. The van der Waals surface area contributed by atoms with Gasteiger partial charge in [0.2, 0.25) is 0 Å². The molecule has 0 heterocycles. The minimum absolute atomic E-state index is 0.571. The molecule has 0 aromatic heterocycles. The summed E-state index contributed by atoms with van der Waals surface area (Å²) < 4.78 is 14.2. The zero-order valence-corrected chi connectivity index (χ0v) is 10.4. The van der Waals surface area contributed by atoms with Crippen LogP contribution in [0.1, 0.15) is 0 Å². The SMILES string of the molecule is COP(=S)(OC)SOC(=O)C=CC(=O)O. The number of hydrogen-bond donors (Lipinski definition) is 1. The van der Waals surface area contributed by atoms with E-state index in [9.17, 15) is 9.59 Å². The van der Waals surface area contributed by atoms with Crippen molar-refractivity contribution in [2.45, 2.75) is 0 Å². The highest BCUT2D eigenvalue weighted by molar-refractivity contribution is 8.66. The number of carbonyl (C=O) groups excluding carboxylic acids is 1. The molecule has 86 valence electrons. The maximum Gasteiger partial charge on any atom is 0.343 e. The Labute approximate surface area is 95.7 Å². The van der Waals surface area contributed by atoms with E-state index in [0.717, 1.165) is 6.08 Å². The zero-order chi connectivity index (χ0) is 11.9. The molecule has 0 saturated carbocycles. The van der Waals surface area contributed by atoms with Gasteiger partial charge in [0, 0.05) is 26.4 Å². The summed E-state index contributed by atoms with van der Waals surface area (Å²) in [7, 11) is 2.66. The van der Waals surface area contributed by atoms with E-state index in [1.165, 1.54) is 14.2 Å². The first-order chi connectivity index (χ1) is 6.93. The first-order valence-corrected chi connectivity index (χ1v) is 7.44. The normalized spacial score (nSPS) is 11.6. The summed E-state index contributed by atoms with van der Waals surface area (Å²) in [5, 5.41) is 8.22. The van der Waals surface area contributed by atoms with Crippen LogP contribution in [0.25, 0.3) is 0 Å². The highest BCUT2D eigenvalue weighted by atomic mass is 32.9. The van der Waals surface area contributed by atoms with Gasteiger partial charge in [0.25, 0.3) is 5.69 Å². The Hall–Kier alpha value is -0.400. The molecule has 0 amide bonds. The van der Waals surface area contributed by atoms with Gasteiger partial charge in [0.05, 0.1) is 0 Å². The minimum Gasteiger partial charge on any atom is -0.478 e. The standard InChI is InChI=1S/C6H9O6PS2/c1-10-13(14,11-2)15-12-6(9)4-3-5(7)8/h3-4H,1-2H3,(H,7,8). The topological polar surface area (TPSA) is 82.1 Å². The molecule has 0 aromatic carbocycles. The van der Waals surface area contributed by atoms with Crippen molar-refractivity contribution in [2.75, 3.05) is 14.2 Å². The van der Waals surface area contributed by atoms with Crippen LogP contribution >= 0.6 is 17.4 Å². The van der Waals surface area contributed by atoms with Gasteiger partial charge in [-0.25, -0.2) is 9.59 Å². The molecule has 6 nitrogen and oxygen atoms in total. The number of aliphatic carboxylic acids is 1. The summed E-state index contributed by atoms with van der Waals surface area (Å²) in [5.74, 6) is -2.08. The largest absolute Gasteiger partial charge is 0.478 e. The molecule has 0 unspecified atom stereocenters. The number of carbonyl (C=O) groups is 2. The van der Waals surface area contributed by atoms with Crippen molar-refractivity contribution in [1.29, 1.82) is 0 Å². The van der Waals surface area contributed by atoms with Crippen LogP contribution in [-0.2, 0) is 34.6 Å². The summed E-state index contributed by atoms with van der Waals surface area (Å²) >= 11 is 5.44. The number of hydrogen-bond acceptors (Lipinski definition) is 7. The van der Waals surface area contributed by atoms with Gasteiger partial charge in [-0.05, 0) is 11.8 Å². The van der Waals surface area contributed by atoms with Gasteiger partial charge < -0.3 is 18.3 Å². The summed E-state index contributed by atoms with van der Waals surface area (Å²) in [6, 6.07) is 0. The van der Waals surface area contributed by atoms with Crippen LogP contribution in [0.3, 0.4) is 0 Å². The van der Waals surface area contributed by atoms with Crippen LogP contribution in [0.4, 0.5) is 0 Å². The van der Waals surface area contributed by atoms with E-state index in [1.54, 1.807) is 0 Å². The van der Waals surface area contributed by atoms with Gasteiger partial charge in [0.1, 0.15) is 0 Å². The van der Waals surface area contributed by atoms with Crippen molar-refractivity contribution in [3.8, 4) is 0 Å². The lowest BCUT2D eigenvalue weighted by molar-refractivity contribution is -0.132. The van der Waals surface area contributed by atoms with E-state index in [2.05, 4.69) is 4.18 Å². The lowest BCUT2D eigenvalue weighted by Gasteiger charge is -2.13. The molecule has 0 aromatic rings. The van der Waals surface area contributed by atoms with E-state index in [4.69, 9.17) is 26.0 Å². The smallest absolute Gasteiger partial charge is 0.343 e. The van der Waals surface area contributed by atoms with Gasteiger partial charge in [-0.1, -0.05) is 0 Å². The molecule has 0 aliphatic rings. The van der Waals surface area contributed by atoms with Gasteiger partial charge in [0.15, 0.2) is 11.7 Å². The molecule has 0 saturated heterocycles. The Morgan fingerprint density at radius 1 is 1.33 bits per heavy atom. The van der Waals surface area contributed by atoms with E-state index >= 15 is 0 Å². The van der Waals surface area contributed by atoms with Crippen LogP contribution in [0.5, 0.6) is 0 Å². The van der Waals surface area contributed by atoms with Crippen LogP contribution < -0.4 is 0 Å². The van der Waals surface area contributed by atoms with Crippen LogP contribution in [0.2, 0.25) is 0 Å². The third kappa shape index (κ3) is 6.64.